The minimum Gasteiger partial charge on any atom is -0.398 e. The number of carbonyl (C=O) groups excluding carboxylic acids is 1. The summed E-state index contributed by atoms with van der Waals surface area (Å²) in [5, 5.41) is 7.56. The average Bonchev–Trinajstić information content (AvgIpc) is 2.38. The lowest BCUT2D eigenvalue weighted by molar-refractivity contribution is 0.0303. The van der Waals surface area contributed by atoms with Gasteiger partial charge in [-0.3, -0.25) is 4.79 Å². The molecule has 1 aromatic rings. The zero-order valence-corrected chi connectivity index (χ0v) is 10.4. The Labute approximate surface area is 106 Å². The normalized spacial score (nSPS) is 15.5. The molecule has 5 nitrogen and oxygen atoms in total. The van der Waals surface area contributed by atoms with Crippen LogP contribution in [0.25, 0.3) is 0 Å². The molecule has 0 radical (unpaired) electrons. The van der Waals surface area contributed by atoms with Crippen LogP contribution in [0, 0.1) is 5.41 Å². The first-order chi connectivity index (χ1) is 8.59. The Morgan fingerprint density at radius 3 is 2.61 bits per heavy atom. The van der Waals surface area contributed by atoms with E-state index >= 15 is 0 Å². The lowest BCUT2D eigenvalue weighted by Crippen LogP contribution is -2.40. The summed E-state index contributed by atoms with van der Waals surface area (Å²) in [5.74, 6) is -0.0285. The molecule has 96 valence electrons. The molecule has 1 heterocycles. The smallest absolute Gasteiger partial charge is 0.254 e. The summed E-state index contributed by atoms with van der Waals surface area (Å²) in [6, 6.07) is 5.10. The number of carbonyl (C=O) groups is 1. The molecule has 1 fully saturated rings. The summed E-state index contributed by atoms with van der Waals surface area (Å²) in [7, 11) is 0. The van der Waals surface area contributed by atoms with Gasteiger partial charge in [0.1, 0.15) is 0 Å². The molecule has 0 saturated carbocycles. The van der Waals surface area contributed by atoms with Crippen LogP contribution in [0.4, 0.5) is 5.69 Å². The molecular weight excluding hydrogens is 230 g/mol. The lowest BCUT2D eigenvalue weighted by Gasteiger charge is -2.27. The van der Waals surface area contributed by atoms with Gasteiger partial charge in [-0.05, 0) is 19.1 Å². The second kappa shape index (κ2) is 5.18. The van der Waals surface area contributed by atoms with Crippen LogP contribution in [0.15, 0.2) is 18.2 Å². The highest BCUT2D eigenvalue weighted by molar-refractivity contribution is 6.03. The van der Waals surface area contributed by atoms with Crippen molar-refractivity contribution in [3.8, 4) is 0 Å². The van der Waals surface area contributed by atoms with E-state index in [9.17, 15) is 4.79 Å². The largest absolute Gasteiger partial charge is 0.398 e. The number of nitrogens with two attached hydrogens (primary N) is 1. The van der Waals surface area contributed by atoms with Crippen molar-refractivity contribution in [3.63, 3.8) is 0 Å². The average molecular weight is 247 g/mol. The molecule has 1 saturated heterocycles. The van der Waals surface area contributed by atoms with Gasteiger partial charge in [-0.25, -0.2) is 0 Å². The Bertz CT molecular complexity index is 479. The number of hydrogen-bond acceptors (Lipinski definition) is 4. The number of nitrogen functional groups attached to an aromatic ring is 1. The van der Waals surface area contributed by atoms with Crippen LogP contribution >= 0.6 is 0 Å². The van der Waals surface area contributed by atoms with Crippen molar-refractivity contribution in [2.24, 2.45) is 0 Å². The van der Waals surface area contributed by atoms with Gasteiger partial charge in [-0.1, -0.05) is 6.07 Å². The number of nitrogens with zero attached hydrogens (tertiary/aromatic N) is 1. The van der Waals surface area contributed by atoms with E-state index in [1.807, 2.05) is 0 Å². The van der Waals surface area contributed by atoms with Gasteiger partial charge in [0.25, 0.3) is 5.91 Å². The van der Waals surface area contributed by atoms with Gasteiger partial charge >= 0.3 is 0 Å². The molecule has 0 aliphatic carbocycles. The molecule has 1 aliphatic rings. The molecule has 2 rings (SSSR count). The van der Waals surface area contributed by atoms with E-state index in [-0.39, 0.29) is 5.91 Å². The highest BCUT2D eigenvalue weighted by Gasteiger charge is 2.19. The summed E-state index contributed by atoms with van der Waals surface area (Å²) in [4.78, 5) is 14.0. The van der Waals surface area contributed by atoms with Crippen LogP contribution < -0.4 is 5.73 Å². The summed E-state index contributed by atoms with van der Waals surface area (Å²) >= 11 is 0. The summed E-state index contributed by atoms with van der Waals surface area (Å²) < 4.78 is 5.21. The zero-order chi connectivity index (χ0) is 13.1. The third-order valence-electron chi connectivity index (χ3n) is 3.00. The van der Waals surface area contributed by atoms with Crippen LogP contribution in [0.2, 0.25) is 0 Å². The Morgan fingerprint density at radius 2 is 2.06 bits per heavy atom. The fraction of sp³-hybridized carbons (Fsp3) is 0.385. The maximum atomic E-state index is 12.2. The third kappa shape index (κ3) is 2.51. The zero-order valence-electron chi connectivity index (χ0n) is 10.4. The highest BCUT2D eigenvalue weighted by Crippen LogP contribution is 2.16. The van der Waals surface area contributed by atoms with E-state index in [2.05, 4.69) is 0 Å². The monoisotopic (exact) mass is 247 g/mol. The van der Waals surface area contributed by atoms with E-state index in [0.29, 0.717) is 48.8 Å². The number of ether oxygens (including phenoxy) is 1. The van der Waals surface area contributed by atoms with E-state index in [0.717, 1.165) is 0 Å². The minimum atomic E-state index is -0.0285. The van der Waals surface area contributed by atoms with Gasteiger partial charge in [-0.15, -0.1) is 0 Å². The fourth-order valence-electron chi connectivity index (χ4n) is 1.99. The summed E-state index contributed by atoms with van der Waals surface area (Å²) in [6.07, 6.45) is 0. The van der Waals surface area contributed by atoms with Crippen molar-refractivity contribution in [2.45, 2.75) is 6.92 Å². The molecule has 1 aliphatic heterocycles. The lowest BCUT2D eigenvalue weighted by atomic mass is 10.1. The van der Waals surface area contributed by atoms with Gasteiger partial charge in [0.15, 0.2) is 0 Å². The maximum Gasteiger partial charge on any atom is 0.254 e. The molecule has 1 aromatic carbocycles. The third-order valence-corrected chi connectivity index (χ3v) is 3.00. The molecule has 18 heavy (non-hydrogen) atoms. The van der Waals surface area contributed by atoms with Crippen LogP contribution in [-0.2, 0) is 4.74 Å². The molecule has 0 atom stereocenters. The summed E-state index contributed by atoms with van der Waals surface area (Å²) in [5.41, 5.74) is 7.97. The molecule has 3 N–H and O–H groups in total. The van der Waals surface area contributed by atoms with Crippen molar-refractivity contribution in [3.05, 3.63) is 29.3 Å². The number of benzene rings is 1. The predicted octanol–water partition coefficient (Wildman–Crippen LogP) is 1.13. The van der Waals surface area contributed by atoms with Gasteiger partial charge in [0, 0.05) is 35.6 Å². The molecule has 5 heteroatoms. The minimum absolute atomic E-state index is 0.0285. The SMILES string of the molecule is CC(=N)c1ccc(C(=O)N2CCOCC2)cc1N. The van der Waals surface area contributed by atoms with Crippen molar-refractivity contribution < 1.29 is 9.53 Å². The predicted molar refractivity (Wildman–Crippen MR) is 70.1 cm³/mol. The number of anilines is 1. The van der Waals surface area contributed by atoms with Crippen molar-refractivity contribution in [2.75, 3.05) is 32.0 Å². The van der Waals surface area contributed by atoms with Crippen molar-refractivity contribution in [1.29, 1.82) is 5.41 Å². The molecule has 0 aromatic heterocycles. The Hall–Kier alpha value is -1.88. The molecule has 0 bridgehead atoms. The van der Waals surface area contributed by atoms with Crippen LogP contribution in [0.3, 0.4) is 0 Å². The molecule has 1 amide bonds. The van der Waals surface area contributed by atoms with Gasteiger partial charge in [0.05, 0.1) is 13.2 Å². The Balaban J connectivity index is 2.20. The van der Waals surface area contributed by atoms with Crippen LogP contribution in [-0.4, -0.2) is 42.8 Å². The second-order valence-electron chi connectivity index (χ2n) is 4.33. The standard InChI is InChI=1S/C13H17N3O2/c1-9(14)11-3-2-10(8-12(11)15)13(17)16-4-6-18-7-5-16/h2-3,8,14H,4-7,15H2,1H3. The highest BCUT2D eigenvalue weighted by atomic mass is 16.5. The van der Waals surface area contributed by atoms with Gasteiger partial charge in [0.2, 0.25) is 0 Å². The number of rotatable bonds is 2. The Morgan fingerprint density at radius 1 is 1.39 bits per heavy atom. The van der Waals surface area contributed by atoms with Crippen LogP contribution in [0.5, 0.6) is 0 Å². The first kappa shape index (κ1) is 12.6. The number of nitrogens with one attached hydrogen (secondary N) is 1. The first-order valence-corrected chi connectivity index (χ1v) is 5.91. The quantitative estimate of drug-likeness (QED) is 0.607. The van der Waals surface area contributed by atoms with Gasteiger partial charge in [-0.2, -0.15) is 0 Å². The number of hydrogen-bond donors (Lipinski definition) is 2. The molecule has 0 unspecified atom stereocenters. The topological polar surface area (TPSA) is 79.4 Å². The summed E-state index contributed by atoms with van der Waals surface area (Å²) in [6.45, 7) is 4.07. The van der Waals surface area contributed by atoms with E-state index in [4.69, 9.17) is 15.9 Å². The molecular formula is C13H17N3O2. The van der Waals surface area contributed by atoms with E-state index in [1.54, 1.807) is 30.0 Å². The maximum absolute atomic E-state index is 12.2. The fourth-order valence-corrected chi connectivity index (χ4v) is 1.99. The first-order valence-electron chi connectivity index (χ1n) is 5.91. The van der Waals surface area contributed by atoms with Crippen molar-refractivity contribution in [1.82, 2.24) is 4.90 Å². The van der Waals surface area contributed by atoms with Crippen molar-refractivity contribution >= 4 is 17.3 Å². The van der Waals surface area contributed by atoms with E-state index < -0.39 is 0 Å². The second-order valence-corrected chi connectivity index (χ2v) is 4.33. The number of amides is 1. The number of morpholine rings is 1. The van der Waals surface area contributed by atoms with Crippen LogP contribution in [0.1, 0.15) is 22.8 Å². The molecule has 0 spiro atoms. The van der Waals surface area contributed by atoms with Gasteiger partial charge < -0.3 is 20.8 Å². The van der Waals surface area contributed by atoms with E-state index in [1.165, 1.54) is 0 Å². The Kier molecular flexibility index (Phi) is 3.62.